The number of aliphatic hydroxyl groups is 1. The van der Waals surface area contributed by atoms with Gasteiger partial charge in [-0.25, -0.2) is 0 Å². The van der Waals surface area contributed by atoms with Gasteiger partial charge in [0.15, 0.2) is 5.76 Å². The number of amides is 1. The van der Waals surface area contributed by atoms with Crippen LogP contribution in [0.25, 0.3) is 0 Å². The lowest BCUT2D eigenvalue weighted by atomic mass is 10.0. The molecule has 0 aliphatic heterocycles. The van der Waals surface area contributed by atoms with Crippen molar-refractivity contribution in [1.82, 2.24) is 10.1 Å². The third-order valence-corrected chi connectivity index (χ3v) is 2.85. The monoisotopic (exact) mass is 254 g/mol. The first-order valence-electron chi connectivity index (χ1n) is 6.28. The van der Waals surface area contributed by atoms with Crippen LogP contribution in [0.2, 0.25) is 0 Å². The molecule has 0 fully saturated rings. The topological polar surface area (TPSA) is 66.6 Å². The van der Waals surface area contributed by atoms with E-state index in [0.29, 0.717) is 23.6 Å². The van der Waals surface area contributed by atoms with Crippen LogP contribution in [0, 0.1) is 6.92 Å². The van der Waals surface area contributed by atoms with Gasteiger partial charge in [0, 0.05) is 18.5 Å². The maximum Gasteiger partial charge on any atom is 0.259 e. The van der Waals surface area contributed by atoms with Gasteiger partial charge >= 0.3 is 0 Å². The molecule has 1 heterocycles. The Balaban J connectivity index is 3.12. The van der Waals surface area contributed by atoms with Crippen molar-refractivity contribution in [3.8, 4) is 0 Å². The Labute approximate surface area is 108 Å². The summed E-state index contributed by atoms with van der Waals surface area (Å²) in [6.45, 7) is 9.80. The zero-order valence-electron chi connectivity index (χ0n) is 11.7. The smallest absolute Gasteiger partial charge is 0.259 e. The largest absolute Gasteiger partial charge is 0.395 e. The first kappa shape index (κ1) is 14.7. The Hall–Kier alpha value is -1.36. The molecular formula is C13H22N2O3. The van der Waals surface area contributed by atoms with E-state index in [1.54, 1.807) is 11.8 Å². The van der Waals surface area contributed by atoms with E-state index in [-0.39, 0.29) is 24.5 Å². The number of carbonyl (C=O) groups is 1. The van der Waals surface area contributed by atoms with Crippen LogP contribution in [0.4, 0.5) is 0 Å². The van der Waals surface area contributed by atoms with Crippen molar-refractivity contribution in [3.05, 3.63) is 17.0 Å². The molecule has 0 aliphatic carbocycles. The molecular weight excluding hydrogens is 232 g/mol. The summed E-state index contributed by atoms with van der Waals surface area (Å²) in [7, 11) is 0. The van der Waals surface area contributed by atoms with E-state index in [1.165, 1.54) is 0 Å². The zero-order valence-corrected chi connectivity index (χ0v) is 11.7. The Morgan fingerprint density at radius 1 is 1.39 bits per heavy atom. The van der Waals surface area contributed by atoms with Crippen LogP contribution in [0.3, 0.4) is 0 Å². The van der Waals surface area contributed by atoms with Gasteiger partial charge in [-0.05, 0) is 20.8 Å². The number of aliphatic hydroxyl groups excluding tert-OH is 1. The molecule has 1 aromatic rings. The van der Waals surface area contributed by atoms with E-state index in [4.69, 9.17) is 9.63 Å². The number of hydrogen-bond donors (Lipinski definition) is 1. The van der Waals surface area contributed by atoms with Gasteiger partial charge in [0.1, 0.15) is 5.56 Å². The summed E-state index contributed by atoms with van der Waals surface area (Å²) in [5, 5.41) is 12.9. The van der Waals surface area contributed by atoms with E-state index in [9.17, 15) is 4.79 Å². The second-order valence-corrected chi connectivity index (χ2v) is 4.98. The SMILES string of the molecule is Cc1noc(C(C)C)c1C(=O)N(CCO)C(C)C. The fraction of sp³-hybridized carbons (Fsp3) is 0.692. The lowest BCUT2D eigenvalue weighted by Gasteiger charge is -2.26. The molecule has 0 saturated carbocycles. The van der Waals surface area contributed by atoms with Gasteiger partial charge < -0.3 is 14.5 Å². The molecule has 5 nitrogen and oxygen atoms in total. The molecule has 1 aromatic heterocycles. The molecule has 0 aliphatic rings. The Morgan fingerprint density at radius 2 is 2.00 bits per heavy atom. The summed E-state index contributed by atoms with van der Waals surface area (Å²) in [5.74, 6) is 0.593. The van der Waals surface area contributed by atoms with Crippen molar-refractivity contribution in [2.45, 2.75) is 46.6 Å². The number of nitrogens with zero attached hydrogens (tertiary/aromatic N) is 2. The lowest BCUT2D eigenvalue weighted by Crippen LogP contribution is -2.39. The molecule has 0 atom stereocenters. The van der Waals surface area contributed by atoms with Gasteiger partial charge in [-0.15, -0.1) is 0 Å². The van der Waals surface area contributed by atoms with Crippen molar-refractivity contribution < 1.29 is 14.4 Å². The molecule has 1 N–H and O–H groups in total. The van der Waals surface area contributed by atoms with Crippen LogP contribution < -0.4 is 0 Å². The minimum Gasteiger partial charge on any atom is -0.395 e. The van der Waals surface area contributed by atoms with Crippen molar-refractivity contribution in [2.75, 3.05) is 13.2 Å². The zero-order chi connectivity index (χ0) is 13.9. The molecule has 1 amide bonds. The van der Waals surface area contributed by atoms with Crippen molar-refractivity contribution >= 4 is 5.91 Å². The highest BCUT2D eigenvalue weighted by atomic mass is 16.5. The molecule has 1 rings (SSSR count). The molecule has 0 bridgehead atoms. The van der Waals surface area contributed by atoms with E-state index >= 15 is 0 Å². The Bertz CT molecular complexity index is 410. The highest BCUT2D eigenvalue weighted by Gasteiger charge is 2.27. The summed E-state index contributed by atoms with van der Waals surface area (Å²) in [5.41, 5.74) is 1.14. The fourth-order valence-electron chi connectivity index (χ4n) is 1.89. The quantitative estimate of drug-likeness (QED) is 0.872. The highest BCUT2D eigenvalue weighted by Crippen LogP contribution is 2.24. The van der Waals surface area contributed by atoms with Crippen LogP contribution in [-0.2, 0) is 0 Å². The van der Waals surface area contributed by atoms with Crippen LogP contribution in [0.1, 0.15) is 55.4 Å². The number of aryl methyl sites for hydroxylation is 1. The van der Waals surface area contributed by atoms with E-state index < -0.39 is 0 Å². The van der Waals surface area contributed by atoms with Crippen molar-refractivity contribution in [2.24, 2.45) is 0 Å². The molecule has 0 aromatic carbocycles. The van der Waals surface area contributed by atoms with Gasteiger partial charge in [-0.3, -0.25) is 4.79 Å². The van der Waals surface area contributed by atoms with E-state index in [1.807, 2.05) is 27.7 Å². The molecule has 0 saturated heterocycles. The van der Waals surface area contributed by atoms with Gasteiger partial charge in [0.2, 0.25) is 0 Å². The molecule has 0 unspecified atom stereocenters. The molecule has 5 heteroatoms. The normalized spacial score (nSPS) is 11.3. The molecule has 0 radical (unpaired) electrons. The summed E-state index contributed by atoms with van der Waals surface area (Å²) in [4.78, 5) is 14.1. The van der Waals surface area contributed by atoms with Gasteiger partial charge in [0.05, 0.1) is 12.3 Å². The maximum absolute atomic E-state index is 12.5. The fourth-order valence-corrected chi connectivity index (χ4v) is 1.89. The van der Waals surface area contributed by atoms with Crippen LogP contribution in [-0.4, -0.2) is 40.3 Å². The second-order valence-electron chi connectivity index (χ2n) is 4.98. The maximum atomic E-state index is 12.5. The predicted molar refractivity (Wildman–Crippen MR) is 68.6 cm³/mol. The highest BCUT2D eigenvalue weighted by molar-refractivity contribution is 5.96. The minimum atomic E-state index is -0.124. The predicted octanol–water partition coefficient (Wildman–Crippen LogP) is 1.95. The molecule has 102 valence electrons. The Kier molecular flexibility index (Phi) is 4.90. The second kappa shape index (κ2) is 6.00. The van der Waals surface area contributed by atoms with E-state index in [2.05, 4.69) is 5.16 Å². The Morgan fingerprint density at radius 3 is 2.44 bits per heavy atom. The summed E-state index contributed by atoms with van der Waals surface area (Å²) in [6, 6.07) is 0.0268. The van der Waals surface area contributed by atoms with Gasteiger partial charge in [-0.1, -0.05) is 19.0 Å². The van der Waals surface area contributed by atoms with Gasteiger partial charge in [0.25, 0.3) is 5.91 Å². The number of aromatic nitrogens is 1. The standard InChI is InChI=1S/C13H22N2O3/c1-8(2)12-11(10(5)14-18-12)13(17)15(6-7-16)9(3)4/h8-9,16H,6-7H2,1-5H3. The third kappa shape index (κ3) is 2.90. The average molecular weight is 254 g/mol. The lowest BCUT2D eigenvalue weighted by molar-refractivity contribution is 0.0662. The minimum absolute atomic E-state index is 0.0268. The van der Waals surface area contributed by atoms with Crippen LogP contribution in [0.15, 0.2) is 4.52 Å². The van der Waals surface area contributed by atoms with E-state index in [0.717, 1.165) is 0 Å². The first-order chi connectivity index (χ1) is 8.40. The number of carbonyl (C=O) groups excluding carboxylic acids is 1. The van der Waals surface area contributed by atoms with Crippen LogP contribution >= 0.6 is 0 Å². The average Bonchev–Trinajstić information content (AvgIpc) is 2.66. The molecule has 18 heavy (non-hydrogen) atoms. The summed E-state index contributed by atoms with van der Waals surface area (Å²) >= 11 is 0. The molecule has 0 spiro atoms. The van der Waals surface area contributed by atoms with Gasteiger partial charge in [-0.2, -0.15) is 0 Å². The summed E-state index contributed by atoms with van der Waals surface area (Å²) < 4.78 is 5.23. The first-order valence-corrected chi connectivity index (χ1v) is 6.28. The number of rotatable bonds is 5. The van der Waals surface area contributed by atoms with Crippen molar-refractivity contribution in [1.29, 1.82) is 0 Å². The van der Waals surface area contributed by atoms with Crippen LogP contribution in [0.5, 0.6) is 0 Å². The number of hydrogen-bond acceptors (Lipinski definition) is 4. The third-order valence-electron chi connectivity index (χ3n) is 2.85. The van der Waals surface area contributed by atoms with Crippen molar-refractivity contribution in [3.63, 3.8) is 0 Å². The summed E-state index contributed by atoms with van der Waals surface area (Å²) in [6.07, 6.45) is 0.